The van der Waals surface area contributed by atoms with Gasteiger partial charge in [-0.05, 0) is 17.5 Å². The number of aromatic amines is 1. The van der Waals surface area contributed by atoms with Gasteiger partial charge >= 0.3 is 5.97 Å². The molecule has 5 nitrogen and oxygen atoms in total. The van der Waals surface area contributed by atoms with Crippen LogP contribution in [0.15, 0.2) is 51.3 Å². The van der Waals surface area contributed by atoms with Gasteiger partial charge in [-0.25, -0.2) is 9.78 Å². The van der Waals surface area contributed by atoms with Crippen LogP contribution in [0.3, 0.4) is 0 Å². The van der Waals surface area contributed by atoms with Gasteiger partial charge in [0.05, 0.1) is 10.9 Å². The molecule has 8 heteroatoms. The zero-order valence-corrected chi connectivity index (χ0v) is 15.6. The van der Waals surface area contributed by atoms with Gasteiger partial charge in [0.1, 0.15) is 17.3 Å². The number of carbonyl (C=O) groups excluding carboxylic acids is 1. The zero-order valence-electron chi connectivity index (χ0n) is 13.2. The van der Waals surface area contributed by atoms with E-state index in [2.05, 4.69) is 9.97 Å². The van der Waals surface area contributed by atoms with Crippen molar-refractivity contribution >= 4 is 50.5 Å². The van der Waals surface area contributed by atoms with Crippen LogP contribution >= 0.6 is 34.3 Å². The lowest BCUT2D eigenvalue weighted by molar-refractivity contribution is 0.0463. The summed E-state index contributed by atoms with van der Waals surface area (Å²) in [4.78, 5) is 32.1. The fourth-order valence-corrected chi connectivity index (χ4v) is 4.36. The van der Waals surface area contributed by atoms with Crippen LogP contribution in [-0.4, -0.2) is 15.9 Å². The van der Waals surface area contributed by atoms with E-state index in [1.54, 1.807) is 22.9 Å². The summed E-state index contributed by atoms with van der Waals surface area (Å²) in [5, 5.41) is 6.41. The van der Waals surface area contributed by atoms with Gasteiger partial charge in [0, 0.05) is 26.9 Å². The van der Waals surface area contributed by atoms with E-state index in [1.807, 2.05) is 23.6 Å². The van der Waals surface area contributed by atoms with Crippen molar-refractivity contribution in [2.24, 2.45) is 0 Å². The smallest absolute Gasteiger partial charge is 0.339 e. The van der Waals surface area contributed by atoms with Crippen molar-refractivity contribution in [3.05, 3.63) is 73.2 Å². The van der Waals surface area contributed by atoms with E-state index >= 15 is 0 Å². The highest BCUT2D eigenvalue weighted by molar-refractivity contribution is 7.17. The highest BCUT2D eigenvalue weighted by Gasteiger charge is 2.15. The summed E-state index contributed by atoms with van der Waals surface area (Å²) in [7, 11) is 0. The monoisotopic (exact) mass is 402 g/mol. The van der Waals surface area contributed by atoms with E-state index in [0.717, 1.165) is 11.1 Å². The Morgan fingerprint density at radius 2 is 2.04 bits per heavy atom. The molecule has 130 valence electrons. The summed E-state index contributed by atoms with van der Waals surface area (Å²) in [6.45, 7) is -0.0980. The van der Waals surface area contributed by atoms with Crippen molar-refractivity contribution in [2.75, 3.05) is 0 Å². The average molecular weight is 403 g/mol. The van der Waals surface area contributed by atoms with E-state index in [-0.39, 0.29) is 12.2 Å². The SMILES string of the molecule is O=C(OCc1nc2scc(-c3ccccc3Cl)c2c(=O)[nH]1)c1ccsc1. The Hall–Kier alpha value is -2.48. The maximum absolute atomic E-state index is 12.6. The number of benzene rings is 1. The Kier molecular flexibility index (Phi) is 4.58. The van der Waals surface area contributed by atoms with Crippen molar-refractivity contribution in [3.63, 3.8) is 0 Å². The van der Waals surface area contributed by atoms with Gasteiger partial charge in [-0.2, -0.15) is 11.3 Å². The summed E-state index contributed by atoms with van der Waals surface area (Å²) in [6.07, 6.45) is 0. The molecule has 3 aromatic heterocycles. The molecule has 0 aliphatic carbocycles. The molecule has 0 atom stereocenters. The normalized spacial score (nSPS) is 11.0. The summed E-state index contributed by atoms with van der Waals surface area (Å²) in [6, 6.07) is 9.02. The summed E-state index contributed by atoms with van der Waals surface area (Å²) < 4.78 is 5.21. The Labute approximate surface area is 160 Å². The molecule has 0 amide bonds. The molecule has 0 aliphatic rings. The van der Waals surface area contributed by atoms with E-state index in [4.69, 9.17) is 16.3 Å². The molecule has 4 aromatic rings. The first-order chi connectivity index (χ1) is 12.6. The van der Waals surface area contributed by atoms with Crippen LogP contribution in [0.25, 0.3) is 21.3 Å². The third kappa shape index (κ3) is 3.16. The number of ether oxygens (including phenoxy) is 1. The molecular weight excluding hydrogens is 392 g/mol. The van der Waals surface area contributed by atoms with Crippen LogP contribution < -0.4 is 5.56 Å². The first-order valence-corrected chi connectivity index (χ1v) is 9.78. The number of aromatic nitrogens is 2. The van der Waals surface area contributed by atoms with Gasteiger partial charge in [-0.15, -0.1) is 11.3 Å². The predicted octanol–water partition coefficient (Wildman–Crippen LogP) is 4.72. The van der Waals surface area contributed by atoms with Crippen molar-refractivity contribution in [1.29, 1.82) is 0 Å². The molecule has 4 rings (SSSR count). The summed E-state index contributed by atoms with van der Waals surface area (Å²) in [5.41, 5.74) is 1.72. The number of nitrogens with one attached hydrogen (secondary N) is 1. The maximum atomic E-state index is 12.6. The fourth-order valence-electron chi connectivity index (χ4n) is 2.54. The lowest BCUT2D eigenvalue weighted by Crippen LogP contribution is -2.14. The molecule has 0 saturated carbocycles. The number of nitrogens with zero attached hydrogens (tertiary/aromatic N) is 1. The van der Waals surface area contributed by atoms with Gasteiger partial charge in [0.15, 0.2) is 0 Å². The van der Waals surface area contributed by atoms with E-state index in [0.29, 0.717) is 26.6 Å². The first kappa shape index (κ1) is 17.0. The minimum atomic E-state index is -0.447. The van der Waals surface area contributed by atoms with Gasteiger partial charge in [0.25, 0.3) is 5.56 Å². The molecule has 0 spiro atoms. The number of hydrogen-bond acceptors (Lipinski definition) is 6. The van der Waals surface area contributed by atoms with Crippen LogP contribution in [0.5, 0.6) is 0 Å². The van der Waals surface area contributed by atoms with Gasteiger partial charge in [-0.3, -0.25) is 4.79 Å². The van der Waals surface area contributed by atoms with Crippen molar-refractivity contribution in [2.45, 2.75) is 6.61 Å². The average Bonchev–Trinajstić information content (AvgIpc) is 3.30. The second kappa shape index (κ2) is 7.03. The van der Waals surface area contributed by atoms with Crippen molar-refractivity contribution in [1.82, 2.24) is 9.97 Å². The number of hydrogen-bond donors (Lipinski definition) is 1. The number of esters is 1. The summed E-state index contributed by atoms with van der Waals surface area (Å²) >= 11 is 9.01. The number of halogens is 1. The molecule has 0 saturated heterocycles. The van der Waals surface area contributed by atoms with Crippen molar-refractivity contribution < 1.29 is 9.53 Å². The number of rotatable bonds is 4. The number of fused-ring (bicyclic) bond motifs is 1. The number of carbonyl (C=O) groups is 1. The van der Waals surface area contributed by atoms with Crippen LogP contribution in [0.1, 0.15) is 16.2 Å². The number of thiophene rings is 2. The lowest BCUT2D eigenvalue weighted by atomic mass is 10.1. The second-order valence-electron chi connectivity index (χ2n) is 5.41. The van der Waals surface area contributed by atoms with E-state index < -0.39 is 5.97 Å². The minimum absolute atomic E-state index is 0.0980. The molecular formula is C18H11ClN2O3S2. The Morgan fingerprint density at radius 3 is 2.81 bits per heavy atom. The number of H-pyrrole nitrogens is 1. The molecule has 1 N–H and O–H groups in total. The van der Waals surface area contributed by atoms with Gasteiger partial charge < -0.3 is 9.72 Å². The highest BCUT2D eigenvalue weighted by Crippen LogP contribution is 2.34. The van der Waals surface area contributed by atoms with Crippen molar-refractivity contribution in [3.8, 4) is 11.1 Å². The largest absolute Gasteiger partial charge is 0.454 e. The molecule has 0 fully saturated rings. The topological polar surface area (TPSA) is 72.0 Å². The fraction of sp³-hybridized carbons (Fsp3) is 0.0556. The van der Waals surface area contributed by atoms with Gasteiger partial charge in [-0.1, -0.05) is 29.8 Å². The third-order valence-corrected chi connectivity index (χ3v) is 5.64. The maximum Gasteiger partial charge on any atom is 0.339 e. The Balaban J connectivity index is 1.65. The molecule has 0 unspecified atom stereocenters. The molecule has 0 bridgehead atoms. The zero-order chi connectivity index (χ0) is 18.1. The molecule has 0 aliphatic heterocycles. The van der Waals surface area contributed by atoms with Crippen LogP contribution in [0.4, 0.5) is 0 Å². The third-order valence-electron chi connectivity index (χ3n) is 3.75. The summed E-state index contributed by atoms with van der Waals surface area (Å²) in [5.74, 6) is -0.143. The quantitative estimate of drug-likeness (QED) is 0.501. The first-order valence-electron chi connectivity index (χ1n) is 7.58. The van der Waals surface area contributed by atoms with Crippen LogP contribution in [0, 0.1) is 0 Å². The molecule has 3 heterocycles. The molecule has 1 aromatic carbocycles. The van der Waals surface area contributed by atoms with Crippen LogP contribution in [-0.2, 0) is 11.3 Å². The minimum Gasteiger partial charge on any atom is -0.454 e. The standard InChI is InChI=1S/C18H11ClN2O3S2/c19-13-4-2-1-3-11(13)12-9-26-17-15(12)16(22)20-14(21-17)7-24-18(23)10-5-6-25-8-10/h1-6,8-9H,7H2,(H,20,21,22). The molecule has 26 heavy (non-hydrogen) atoms. The van der Waals surface area contributed by atoms with Gasteiger partial charge in [0.2, 0.25) is 0 Å². The highest BCUT2D eigenvalue weighted by atomic mass is 35.5. The molecule has 0 radical (unpaired) electrons. The Morgan fingerprint density at radius 1 is 1.19 bits per heavy atom. The second-order valence-corrected chi connectivity index (χ2v) is 7.46. The van der Waals surface area contributed by atoms with E-state index in [9.17, 15) is 9.59 Å². The Bertz CT molecular complexity index is 1150. The lowest BCUT2D eigenvalue weighted by Gasteiger charge is -2.04. The van der Waals surface area contributed by atoms with E-state index in [1.165, 1.54) is 22.7 Å². The predicted molar refractivity (Wildman–Crippen MR) is 104 cm³/mol. The van der Waals surface area contributed by atoms with Crippen LogP contribution in [0.2, 0.25) is 5.02 Å².